The highest BCUT2D eigenvalue weighted by Crippen LogP contribution is 2.33. The normalized spacial score (nSPS) is 15.5. The van der Waals surface area contributed by atoms with Gasteiger partial charge in [0.2, 0.25) is 0 Å². The van der Waals surface area contributed by atoms with Crippen molar-refractivity contribution in [2.45, 2.75) is 25.3 Å². The molecule has 0 spiro atoms. The first kappa shape index (κ1) is 18.5. The van der Waals surface area contributed by atoms with Crippen LogP contribution in [0.25, 0.3) is 0 Å². The Balaban J connectivity index is 1.73. The van der Waals surface area contributed by atoms with Crippen LogP contribution in [0.2, 0.25) is 0 Å². The Labute approximate surface area is 156 Å². The summed E-state index contributed by atoms with van der Waals surface area (Å²) in [5, 5.41) is 28.5. The molecule has 0 saturated carbocycles. The number of amides is 3. The van der Waals surface area contributed by atoms with E-state index in [9.17, 15) is 29.8 Å². The van der Waals surface area contributed by atoms with Gasteiger partial charge in [0.1, 0.15) is 0 Å². The third kappa shape index (κ3) is 4.08. The van der Waals surface area contributed by atoms with Crippen LogP contribution in [-0.2, 0) is 6.42 Å². The predicted molar refractivity (Wildman–Crippen MR) is 95.7 cm³/mol. The number of hydrogen-bond donors (Lipinski definition) is 2. The lowest BCUT2D eigenvalue weighted by Gasteiger charge is -2.23. The number of nitro benzene ring substituents is 2. The number of thiophene rings is 1. The Bertz CT molecular complexity index is 908. The molecule has 27 heavy (non-hydrogen) atoms. The van der Waals surface area contributed by atoms with E-state index in [1.165, 1.54) is 4.88 Å². The van der Waals surface area contributed by atoms with Crippen molar-refractivity contribution in [1.29, 1.82) is 0 Å². The van der Waals surface area contributed by atoms with Crippen molar-refractivity contribution >= 4 is 34.6 Å². The number of carbonyl (C=O) groups excluding carboxylic acids is 2. The number of nitro groups is 2. The number of urea groups is 1. The fourth-order valence-electron chi connectivity index (χ4n) is 2.94. The third-order valence-corrected chi connectivity index (χ3v) is 5.17. The first-order valence-electron chi connectivity index (χ1n) is 7.97. The SMILES string of the molecule is O=C(NC(=O)c1cc([N+](=O)[O-])cc([N+](=O)[O-])c1)NC1CCCc2sccc21. The van der Waals surface area contributed by atoms with Crippen molar-refractivity contribution in [3.05, 3.63) is 65.9 Å². The number of benzene rings is 1. The molecule has 10 nitrogen and oxygen atoms in total. The van der Waals surface area contributed by atoms with Crippen molar-refractivity contribution in [3.8, 4) is 0 Å². The number of carbonyl (C=O) groups is 2. The zero-order valence-corrected chi connectivity index (χ0v) is 14.7. The Hall–Kier alpha value is -3.34. The summed E-state index contributed by atoms with van der Waals surface area (Å²) in [4.78, 5) is 45.7. The number of nitrogens with one attached hydrogen (secondary N) is 2. The predicted octanol–water partition coefficient (Wildman–Crippen LogP) is 3.08. The molecule has 2 N–H and O–H groups in total. The maximum absolute atomic E-state index is 12.2. The van der Waals surface area contributed by atoms with Crippen molar-refractivity contribution in [3.63, 3.8) is 0 Å². The van der Waals surface area contributed by atoms with Gasteiger partial charge >= 0.3 is 6.03 Å². The molecule has 0 radical (unpaired) electrons. The lowest BCUT2D eigenvalue weighted by Crippen LogP contribution is -2.41. The van der Waals surface area contributed by atoms with E-state index in [2.05, 4.69) is 10.6 Å². The number of imide groups is 1. The molecule has 1 aromatic heterocycles. The van der Waals surface area contributed by atoms with Gasteiger partial charge in [0.15, 0.2) is 0 Å². The average Bonchev–Trinajstić information content (AvgIpc) is 3.11. The number of fused-ring (bicyclic) bond motifs is 1. The topological polar surface area (TPSA) is 144 Å². The van der Waals surface area contributed by atoms with Crippen LogP contribution in [0.5, 0.6) is 0 Å². The number of rotatable bonds is 4. The Kier molecular flexibility index (Phi) is 5.12. The van der Waals surface area contributed by atoms with E-state index in [-0.39, 0.29) is 11.6 Å². The molecular weight excluding hydrogens is 376 g/mol. The first-order chi connectivity index (χ1) is 12.8. The molecule has 11 heteroatoms. The van der Waals surface area contributed by atoms with E-state index in [4.69, 9.17) is 0 Å². The van der Waals surface area contributed by atoms with Crippen molar-refractivity contribution in [2.75, 3.05) is 0 Å². The number of non-ortho nitro benzene ring substituents is 2. The minimum atomic E-state index is -0.958. The molecule has 2 aromatic rings. The van der Waals surface area contributed by atoms with Gasteiger partial charge in [-0.1, -0.05) is 0 Å². The molecule has 1 aliphatic carbocycles. The molecule has 0 bridgehead atoms. The summed E-state index contributed by atoms with van der Waals surface area (Å²) in [6, 6.07) is 3.44. The Morgan fingerprint density at radius 1 is 1.11 bits per heavy atom. The van der Waals surface area contributed by atoms with Gasteiger partial charge in [0.25, 0.3) is 17.3 Å². The van der Waals surface area contributed by atoms with Crippen LogP contribution in [0.15, 0.2) is 29.6 Å². The van der Waals surface area contributed by atoms with Crippen molar-refractivity contribution < 1.29 is 19.4 Å². The van der Waals surface area contributed by atoms with Crippen molar-refractivity contribution in [1.82, 2.24) is 10.6 Å². The van der Waals surface area contributed by atoms with Gasteiger partial charge in [-0.3, -0.25) is 30.3 Å². The van der Waals surface area contributed by atoms with Crippen LogP contribution in [0.3, 0.4) is 0 Å². The molecule has 1 heterocycles. The molecule has 140 valence electrons. The molecule has 3 rings (SSSR count). The highest BCUT2D eigenvalue weighted by molar-refractivity contribution is 7.10. The summed E-state index contributed by atoms with van der Waals surface area (Å²) in [6.07, 6.45) is 2.58. The van der Waals surface area contributed by atoms with Crippen LogP contribution < -0.4 is 10.6 Å². The minimum Gasteiger partial charge on any atom is -0.331 e. The monoisotopic (exact) mass is 390 g/mol. The second-order valence-corrected chi connectivity index (χ2v) is 6.92. The lowest BCUT2D eigenvalue weighted by molar-refractivity contribution is -0.394. The summed E-state index contributed by atoms with van der Waals surface area (Å²) in [5.41, 5.74) is -0.541. The van der Waals surface area contributed by atoms with Gasteiger partial charge < -0.3 is 5.32 Å². The van der Waals surface area contributed by atoms with Crippen LogP contribution in [0, 0.1) is 20.2 Å². The molecule has 1 atom stereocenters. The summed E-state index contributed by atoms with van der Waals surface area (Å²) in [6.45, 7) is 0. The van der Waals surface area contributed by atoms with E-state index >= 15 is 0 Å². The molecule has 3 amide bonds. The maximum atomic E-state index is 12.2. The zero-order valence-electron chi connectivity index (χ0n) is 13.8. The van der Waals surface area contributed by atoms with E-state index < -0.39 is 33.2 Å². The van der Waals surface area contributed by atoms with E-state index in [1.807, 2.05) is 11.4 Å². The second kappa shape index (κ2) is 7.50. The van der Waals surface area contributed by atoms with Crippen LogP contribution in [0.1, 0.15) is 39.7 Å². The molecule has 0 aliphatic heterocycles. The van der Waals surface area contributed by atoms with E-state index in [0.717, 1.165) is 43.0 Å². The maximum Gasteiger partial charge on any atom is 0.322 e. The van der Waals surface area contributed by atoms with Gasteiger partial charge in [0.05, 0.1) is 27.5 Å². The van der Waals surface area contributed by atoms with E-state index in [1.54, 1.807) is 11.3 Å². The van der Waals surface area contributed by atoms with Gasteiger partial charge in [0, 0.05) is 17.0 Å². The largest absolute Gasteiger partial charge is 0.331 e. The van der Waals surface area contributed by atoms with Crippen LogP contribution >= 0.6 is 11.3 Å². The summed E-state index contributed by atoms with van der Waals surface area (Å²) >= 11 is 1.61. The summed E-state index contributed by atoms with van der Waals surface area (Å²) in [5.74, 6) is -0.958. The molecular formula is C16H14N4O6S. The number of hydrogen-bond acceptors (Lipinski definition) is 7. The van der Waals surface area contributed by atoms with Crippen LogP contribution in [-0.4, -0.2) is 21.8 Å². The van der Waals surface area contributed by atoms with Gasteiger partial charge in [-0.15, -0.1) is 11.3 Å². The highest BCUT2D eigenvalue weighted by Gasteiger charge is 2.25. The van der Waals surface area contributed by atoms with E-state index in [0.29, 0.717) is 0 Å². The van der Waals surface area contributed by atoms with Crippen LogP contribution in [0.4, 0.5) is 16.2 Å². The number of nitrogens with zero attached hydrogens (tertiary/aromatic N) is 2. The van der Waals surface area contributed by atoms with Crippen molar-refractivity contribution in [2.24, 2.45) is 0 Å². The quantitative estimate of drug-likeness (QED) is 0.606. The fourth-order valence-corrected chi connectivity index (χ4v) is 3.93. The zero-order chi connectivity index (χ0) is 19.6. The highest BCUT2D eigenvalue weighted by atomic mass is 32.1. The van der Waals surface area contributed by atoms with Gasteiger partial charge in [-0.2, -0.15) is 0 Å². The molecule has 1 aromatic carbocycles. The average molecular weight is 390 g/mol. The number of aryl methyl sites for hydroxylation is 1. The van der Waals surface area contributed by atoms with Gasteiger partial charge in [-0.25, -0.2) is 4.79 Å². The minimum absolute atomic E-state index is 0.229. The summed E-state index contributed by atoms with van der Waals surface area (Å²) in [7, 11) is 0. The fraction of sp³-hybridized carbons (Fsp3) is 0.250. The molecule has 1 unspecified atom stereocenters. The Morgan fingerprint density at radius 3 is 2.41 bits per heavy atom. The second-order valence-electron chi connectivity index (χ2n) is 5.92. The standard InChI is InChI=1S/C16H14N4O6S/c21-15(9-6-10(19(23)24)8-11(7-9)20(25)26)18-16(22)17-13-2-1-3-14-12(13)4-5-27-14/h4-8,13H,1-3H2,(H2,17,18,21,22). The summed E-state index contributed by atoms with van der Waals surface area (Å²) < 4.78 is 0. The Morgan fingerprint density at radius 2 is 1.78 bits per heavy atom. The van der Waals surface area contributed by atoms with Gasteiger partial charge in [-0.05, 0) is 36.3 Å². The lowest BCUT2D eigenvalue weighted by atomic mass is 9.94. The molecule has 0 fully saturated rings. The third-order valence-electron chi connectivity index (χ3n) is 4.17. The molecule has 1 aliphatic rings. The smallest absolute Gasteiger partial charge is 0.322 e. The first-order valence-corrected chi connectivity index (χ1v) is 8.85. The molecule has 0 saturated heterocycles.